The molecule has 0 spiro atoms. The van der Waals surface area contributed by atoms with Gasteiger partial charge in [0.1, 0.15) is 0 Å². The van der Waals surface area contributed by atoms with E-state index in [9.17, 15) is 0 Å². The van der Waals surface area contributed by atoms with Gasteiger partial charge in [-0.25, -0.2) is 0 Å². The highest BCUT2D eigenvalue weighted by Crippen LogP contribution is 2.28. The maximum Gasteiger partial charge on any atom is 0.0549 e. The molecule has 1 aliphatic carbocycles. The van der Waals surface area contributed by atoms with Crippen LogP contribution in [0.4, 0.5) is 11.4 Å². The first-order chi connectivity index (χ1) is 8.81. The molecule has 1 saturated carbocycles. The lowest BCUT2D eigenvalue weighted by Gasteiger charge is -2.28. The van der Waals surface area contributed by atoms with Gasteiger partial charge < -0.3 is 10.6 Å². The standard InChI is InChI=1S/C14H23N3S/c1-3-16-12-8-13(10-15-9-12)17-11-4-6-14(18-2)7-5-11/h8-11,14,16-17H,3-7H2,1-2H3. The van der Waals surface area contributed by atoms with Gasteiger partial charge in [-0.3, -0.25) is 4.98 Å². The van der Waals surface area contributed by atoms with Gasteiger partial charge in [-0.1, -0.05) is 0 Å². The summed E-state index contributed by atoms with van der Waals surface area (Å²) in [5.41, 5.74) is 2.24. The highest BCUT2D eigenvalue weighted by Gasteiger charge is 2.20. The molecule has 0 bridgehead atoms. The molecule has 0 amide bonds. The normalized spacial score (nSPS) is 23.7. The molecule has 18 heavy (non-hydrogen) atoms. The van der Waals surface area contributed by atoms with Crippen LogP contribution in [0.15, 0.2) is 18.5 Å². The van der Waals surface area contributed by atoms with Crippen molar-refractivity contribution in [3.63, 3.8) is 0 Å². The molecule has 3 nitrogen and oxygen atoms in total. The van der Waals surface area contributed by atoms with Crippen molar-refractivity contribution >= 4 is 23.1 Å². The van der Waals surface area contributed by atoms with Crippen LogP contribution in [0, 0.1) is 0 Å². The minimum atomic E-state index is 0.618. The van der Waals surface area contributed by atoms with E-state index in [1.165, 1.54) is 25.7 Å². The fourth-order valence-corrected chi connectivity index (χ4v) is 3.24. The molecule has 2 N–H and O–H groups in total. The van der Waals surface area contributed by atoms with Gasteiger partial charge in [0.15, 0.2) is 0 Å². The van der Waals surface area contributed by atoms with E-state index < -0.39 is 0 Å². The van der Waals surface area contributed by atoms with Crippen molar-refractivity contribution in [2.24, 2.45) is 0 Å². The van der Waals surface area contributed by atoms with Crippen LogP contribution in [0.25, 0.3) is 0 Å². The highest BCUT2D eigenvalue weighted by molar-refractivity contribution is 7.99. The summed E-state index contributed by atoms with van der Waals surface area (Å²) >= 11 is 2.01. The molecule has 1 heterocycles. The van der Waals surface area contributed by atoms with Crippen molar-refractivity contribution in [3.8, 4) is 0 Å². The molecule has 0 aliphatic heterocycles. The third-order valence-electron chi connectivity index (χ3n) is 3.50. The van der Waals surface area contributed by atoms with E-state index in [0.717, 1.165) is 23.2 Å². The Kier molecular flexibility index (Phi) is 5.17. The Hall–Kier alpha value is -0.900. The first kappa shape index (κ1) is 13.5. The van der Waals surface area contributed by atoms with E-state index in [-0.39, 0.29) is 0 Å². The van der Waals surface area contributed by atoms with Gasteiger partial charge in [0.25, 0.3) is 0 Å². The van der Waals surface area contributed by atoms with Crippen LogP contribution in [0.5, 0.6) is 0 Å². The van der Waals surface area contributed by atoms with Crippen molar-refractivity contribution < 1.29 is 0 Å². The average Bonchev–Trinajstić information content (AvgIpc) is 2.40. The smallest absolute Gasteiger partial charge is 0.0549 e. The molecular weight excluding hydrogens is 242 g/mol. The van der Waals surface area contributed by atoms with Crippen LogP contribution in [0.1, 0.15) is 32.6 Å². The molecule has 0 aromatic carbocycles. The second kappa shape index (κ2) is 6.88. The van der Waals surface area contributed by atoms with E-state index in [0.29, 0.717) is 6.04 Å². The number of pyridine rings is 1. The lowest BCUT2D eigenvalue weighted by molar-refractivity contribution is 0.473. The SMILES string of the molecule is CCNc1cncc(NC2CCC(SC)CC2)c1. The number of aromatic nitrogens is 1. The summed E-state index contributed by atoms with van der Waals surface area (Å²) < 4.78 is 0. The Balaban J connectivity index is 1.87. The number of hydrogen-bond acceptors (Lipinski definition) is 4. The van der Waals surface area contributed by atoms with Crippen LogP contribution < -0.4 is 10.6 Å². The number of rotatable bonds is 5. The molecule has 0 saturated heterocycles. The minimum Gasteiger partial charge on any atom is -0.384 e. The van der Waals surface area contributed by atoms with E-state index >= 15 is 0 Å². The third kappa shape index (κ3) is 3.80. The van der Waals surface area contributed by atoms with Gasteiger partial charge in [0, 0.05) is 17.8 Å². The molecule has 100 valence electrons. The molecule has 1 aromatic heterocycles. The number of thioether (sulfide) groups is 1. The van der Waals surface area contributed by atoms with Gasteiger partial charge in [-0.15, -0.1) is 0 Å². The zero-order valence-corrected chi connectivity index (χ0v) is 12.1. The van der Waals surface area contributed by atoms with Crippen molar-refractivity contribution in [1.29, 1.82) is 0 Å². The fraction of sp³-hybridized carbons (Fsp3) is 0.643. The van der Waals surface area contributed by atoms with E-state index in [1.807, 2.05) is 24.2 Å². The van der Waals surface area contributed by atoms with Gasteiger partial charge in [0.2, 0.25) is 0 Å². The second-order valence-corrected chi connectivity index (χ2v) is 5.98. The molecule has 1 aromatic rings. The Morgan fingerprint density at radius 2 is 1.94 bits per heavy atom. The Labute approximate surface area is 114 Å². The summed E-state index contributed by atoms with van der Waals surface area (Å²) in [6.45, 7) is 3.04. The summed E-state index contributed by atoms with van der Waals surface area (Å²) in [6, 6.07) is 2.77. The topological polar surface area (TPSA) is 37.0 Å². The zero-order chi connectivity index (χ0) is 12.8. The van der Waals surface area contributed by atoms with Crippen molar-refractivity contribution in [1.82, 2.24) is 4.98 Å². The summed E-state index contributed by atoms with van der Waals surface area (Å²) in [5.74, 6) is 0. The maximum atomic E-state index is 4.27. The van der Waals surface area contributed by atoms with Gasteiger partial charge in [-0.2, -0.15) is 11.8 Å². The molecule has 0 unspecified atom stereocenters. The van der Waals surface area contributed by atoms with Crippen LogP contribution in [0.2, 0.25) is 0 Å². The molecule has 4 heteroatoms. The van der Waals surface area contributed by atoms with E-state index in [4.69, 9.17) is 0 Å². The van der Waals surface area contributed by atoms with Crippen molar-refractivity contribution in [2.45, 2.75) is 43.9 Å². The number of nitrogens with one attached hydrogen (secondary N) is 2. The molecular formula is C14H23N3S. The monoisotopic (exact) mass is 265 g/mol. The van der Waals surface area contributed by atoms with Gasteiger partial charge in [-0.05, 0) is 44.9 Å². The quantitative estimate of drug-likeness (QED) is 0.853. The van der Waals surface area contributed by atoms with Crippen LogP contribution in [-0.4, -0.2) is 29.1 Å². The second-order valence-electron chi connectivity index (χ2n) is 4.85. The molecule has 0 radical (unpaired) electrons. The first-order valence-corrected chi connectivity index (χ1v) is 8.09. The fourth-order valence-electron chi connectivity index (χ4n) is 2.50. The Morgan fingerprint density at radius 1 is 1.22 bits per heavy atom. The molecule has 0 atom stereocenters. The zero-order valence-electron chi connectivity index (χ0n) is 11.3. The average molecular weight is 265 g/mol. The predicted molar refractivity (Wildman–Crippen MR) is 81.6 cm³/mol. The molecule has 2 rings (SSSR count). The molecule has 1 aliphatic rings. The largest absolute Gasteiger partial charge is 0.384 e. The Bertz CT molecular complexity index is 362. The predicted octanol–water partition coefficient (Wildman–Crippen LogP) is 3.60. The third-order valence-corrected chi connectivity index (χ3v) is 4.64. The summed E-state index contributed by atoms with van der Waals surface area (Å²) in [7, 11) is 0. The van der Waals surface area contributed by atoms with Gasteiger partial charge in [0.05, 0.1) is 23.8 Å². The minimum absolute atomic E-state index is 0.618. The first-order valence-electron chi connectivity index (χ1n) is 6.80. The van der Waals surface area contributed by atoms with Crippen LogP contribution >= 0.6 is 11.8 Å². The van der Waals surface area contributed by atoms with Crippen LogP contribution in [0.3, 0.4) is 0 Å². The van der Waals surface area contributed by atoms with Gasteiger partial charge >= 0.3 is 0 Å². The van der Waals surface area contributed by atoms with Crippen molar-refractivity contribution in [2.75, 3.05) is 23.4 Å². The number of nitrogens with zero attached hydrogens (tertiary/aromatic N) is 1. The summed E-state index contributed by atoms with van der Waals surface area (Å²) in [6.07, 6.45) is 11.2. The highest BCUT2D eigenvalue weighted by atomic mass is 32.2. The van der Waals surface area contributed by atoms with Crippen LogP contribution in [-0.2, 0) is 0 Å². The van der Waals surface area contributed by atoms with E-state index in [1.54, 1.807) is 0 Å². The van der Waals surface area contributed by atoms with E-state index in [2.05, 4.69) is 34.9 Å². The molecule has 1 fully saturated rings. The summed E-state index contributed by atoms with van der Waals surface area (Å²) in [4.78, 5) is 4.27. The number of anilines is 2. The van der Waals surface area contributed by atoms with Crippen molar-refractivity contribution in [3.05, 3.63) is 18.5 Å². The lowest BCUT2D eigenvalue weighted by Crippen LogP contribution is -2.27. The number of hydrogen-bond donors (Lipinski definition) is 2. The Morgan fingerprint density at radius 3 is 2.61 bits per heavy atom. The lowest BCUT2D eigenvalue weighted by atomic mass is 9.95. The summed E-state index contributed by atoms with van der Waals surface area (Å²) in [5, 5.41) is 7.78. The maximum absolute atomic E-state index is 4.27.